The van der Waals surface area contributed by atoms with Gasteiger partial charge in [-0.1, -0.05) is 12.1 Å². The van der Waals surface area contributed by atoms with Crippen LogP contribution in [0.1, 0.15) is 22.8 Å². The Morgan fingerprint density at radius 2 is 1.78 bits per heavy atom. The van der Waals surface area contributed by atoms with Gasteiger partial charge in [-0.25, -0.2) is 0 Å². The summed E-state index contributed by atoms with van der Waals surface area (Å²) in [6, 6.07) is 4.02. The van der Waals surface area contributed by atoms with Gasteiger partial charge in [-0.3, -0.25) is 4.79 Å². The Kier molecular flexibility index (Phi) is 3.38. The maximum Gasteiger partial charge on any atom is 0.403 e. The van der Waals surface area contributed by atoms with Gasteiger partial charge in [0.05, 0.1) is 11.1 Å². The number of allylic oxidation sites excluding steroid dienone is 1. The third-order valence-electron chi connectivity index (χ3n) is 5.41. The summed E-state index contributed by atoms with van der Waals surface area (Å²) in [7, 11) is 0. The molecule has 4 rings (SSSR count). The van der Waals surface area contributed by atoms with Crippen molar-refractivity contribution in [2.45, 2.75) is 30.8 Å². The van der Waals surface area contributed by atoms with E-state index in [2.05, 4.69) is 4.98 Å². The maximum absolute atomic E-state index is 13.0. The number of carbonyl (C=O) groups excluding carboxylic acids is 1. The van der Waals surface area contributed by atoms with E-state index in [1.807, 2.05) is 0 Å². The highest BCUT2D eigenvalue weighted by Gasteiger charge is 2.60. The van der Waals surface area contributed by atoms with E-state index in [0.29, 0.717) is 0 Å². The van der Waals surface area contributed by atoms with E-state index >= 15 is 0 Å². The van der Waals surface area contributed by atoms with Gasteiger partial charge in [0.1, 0.15) is 41.0 Å². The van der Waals surface area contributed by atoms with E-state index in [1.165, 1.54) is 18.2 Å². The normalized spacial score (nSPS) is 32.3. The highest BCUT2D eigenvalue weighted by Crippen LogP contribution is 2.53. The second-order valence-corrected chi connectivity index (χ2v) is 6.92. The zero-order valence-electron chi connectivity index (χ0n) is 14.0. The molecule has 6 N–H and O–H groups in total. The number of benzene rings is 1. The minimum Gasteiger partial charge on any atom is -0.507 e. The van der Waals surface area contributed by atoms with Crippen LogP contribution in [-0.4, -0.2) is 60.3 Å². The van der Waals surface area contributed by atoms with Crippen LogP contribution < -0.4 is 0 Å². The van der Waals surface area contributed by atoms with Crippen molar-refractivity contribution in [3.63, 3.8) is 0 Å². The van der Waals surface area contributed by atoms with Gasteiger partial charge >= 0.3 is 5.70 Å². The number of Topliss-reactive ketones (excluding diaryl/α,β-unsaturated/α-hetero) is 1. The van der Waals surface area contributed by atoms with Gasteiger partial charge in [-0.05, 0) is 13.0 Å². The molecule has 0 aliphatic heterocycles. The lowest BCUT2D eigenvalue weighted by molar-refractivity contribution is -0.158. The van der Waals surface area contributed by atoms with Gasteiger partial charge in [0.25, 0.3) is 0 Å². The minimum atomic E-state index is -2.21. The standard InChI is InChI=1S/C18H14N2O7/c1-18(27)16(25)11-9(15(24)17(18)26)8-10(12(11)20-19)14(23)7-5(13(8)22)3-2-4-6(7)21/h2-4,15-17,24-27H,1H3,(H-,21,22,23)/p+1/t15-,16+,17+,18-/m0/s1. The molecule has 3 aliphatic carbocycles. The molecule has 0 heterocycles. The Hall–Kier alpha value is -3.03. The van der Waals surface area contributed by atoms with Gasteiger partial charge < -0.3 is 30.6 Å². The molecule has 4 atom stereocenters. The molecule has 138 valence electrons. The van der Waals surface area contributed by atoms with E-state index in [4.69, 9.17) is 0 Å². The number of phenols is 1. The molecule has 0 fully saturated rings. The fraction of sp³-hybridized carbons (Fsp3) is 0.278. The molecule has 0 amide bonds. The van der Waals surface area contributed by atoms with Crippen molar-refractivity contribution >= 4 is 11.5 Å². The quantitative estimate of drug-likeness (QED) is 0.350. The largest absolute Gasteiger partial charge is 0.507 e. The van der Waals surface area contributed by atoms with Crippen LogP contribution in [0, 0.1) is 5.39 Å². The Morgan fingerprint density at radius 1 is 1.11 bits per heavy atom. The van der Waals surface area contributed by atoms with Crippen LogP contribution in [-0.2, 0) is 0 Å². The molecule has 0 spiro atoms. The average Bonchev–Trinajstić information content (AvgIpc) is 2.98. The number of rotatable bonds is 0. The van der Waals surface area contributed by atoms with Crippen LogP contribution >= 0.6 is 0 Å². The maximum atomic E-state index is 13.0. The Morgan fingerprint density at radius 3 is 2.41 bits per heavy atom. The van der Waals surface area contributed by atoms with Gasteiger partial charge in [0.2, 0.25) is 11.2 Å². The van der Waals surface area contributed by atoms with E-state index in [1.54, 1.807) is 0 Å². The molecule has 1 aromatic carbocycles. The minimum absolute atomic E-state index is 0.0155. The van der Waals surface area contributed by atoms with E-state index < -0.39 is 46.9 Å². The SMILES string of the molecule is C[C@]1(O)[C@H](O)C2=C(C3=C(O)c4cccc(O)c4C(=O)C3=C2[N+]#N)[C@H](O)[C@H]1O. The molecule has 0 aromatic heterocycles. The van der Waals surface area contributed by atoms with Crippen molar-refractivity contribution in [3.8, 4) is 5.75 Å². The number of fused-ring (bicyclic) bond motifs is 3. The molecule has 3 aliphatic rings. The highest BCUT2D eigenvalue weighted by atomic mass is 16.4. The summed E-state index contributed by atoms with van der Waals surface area (Å²) in [6.45, 7) is 1.08. The van der Waals surface area contributed by atoms with Crippen LogP contribution in [0.3, 0.4) is 0 Å². The van der Waals surface area contributed by atoms with Crippen LogP contribution in [0.25, 0.3) is 10.7 Å². The second-order valence-electron chi connectivity index (χ2n) is 6.92. The fourth-order valence-electron chi connectivity index (χ4n) is 3.97. The zero-order chi connectivity index (χ0) is 19.8. The van der Waals surface area contributed by atoms with Crippen molar-refractivity contribution in [1.82, 2.24) is 0 Å². The smallest absolute Gasteiger partial charge is 0.403 e. The van der Waals surface area contributed by atoms with Crippen molar-refractivity contribution in [2.24, 2.45) is 0 Å². The molecule has 0 saturated heterocycles. The lowest BCUT2D eigenvalue weighted by Gasteiger charge is -2.41. The third kappa shape index (κ3) is 1.90. The fourth-order valence-corrected chi connectivity index (χ4v) is 3.97. The summed E-state index contributed by atoms with van der Waals surface area (Å²) in [6.07, 6.45) is -5.44. The number of nitrogens with zero attached hydrogens (tertiary/aromatic N) is 2. The summed E-state index contributed by atoms with van der Waals surface area (Å²) >= 11 is 0. The van der Waals surface area contributed by atoms with Crippen molar-refractivity contribution < 1.29 is 35.4 Å². The number of aliphatic hydroxyl groups excluding tert-OH is 4. The van der Waals surface area contributed by atoms with Gasteiger partial charge in [0, 0.05) is 16.7 Å². The highest BCUT2D eigenvalue weighted by molar-refractivity contribution is 6.22. The van der Waals surface area contributed by atoms with Crippen LogP contribution in [0.5, 0.6) is 5.75 Å². The summed E-state index contributed by atoms with van der Waals surface area (Å²) in [5, 5.41) is 71.9. The zero-order valence-corrected chi connectivity index (χ0v) is 14.0. The first-order valence-corrected chi connectivity index (χ1v) is 8.06. The molecule has 0 saturated carbocycles. The molecular formula is C18H15N2O7+. The number of aliphatic hydroxyl groups is 5. The average molecular weight is 371 g/mol. The second kappa shape index (κ2) is 5.25. The Balaban J connectivity index is 2.12. The number of phenolic OH excluding ortho intramolecular Hbond substituents is 1. The first-order valence-electron chi connectivity index (χ1n) is 8.06. The molecule has 27 heavy (non-hydrogen) atoms. The van der Waals surface area contributed by atoms with Crippen molar-refractivity contribution in [3.05, 3.63) is 62.3 Å². The molecular weight excluding hydrogens is 356 g/mol. The van der Waals surface area contributed by atoms with Gasteiger partial charge in [-0.15, -0.1) is 0 Å². The number of ketones is 1. The predicted molar refractivity (Wildman–Crippen MR) is 89.8 cm³/mol. The molecule has 0 bridgehead atoms. The summed E-state index contributed by atoms with van der Waals surface area (Å²) in [5.41, 5.74) is -3.98. The number of aromatic hydroxyl groups is 1. The van der Waals surface area contributed by atoms with E-state index in [0.717, 1.165) is 6.92 Å². The van der Waals surface area contributed by atoms with Crippen molar-refractivity contribution in [1.29, 1.82) is 5.39 Å². The number of diazo groups is 1. The molecule has 1 aromatic rings. The van der Waals surface area contributed by atoms with Crippen LogP contribution in [0.15, 0.2) is 46.2 Å². The molecule has 9 nitrogen and oxygen atoms in total. The first kappa shape index (κ1) is 17.4. The number of hydrogen-bond acceptors (Lipinski definition) is 8. The Labute approximate surface area is 152 Å². The number of hydrogen-bond donors (Lipinski definition) is 6. The summed E-state index contributed by atoms with van der Waals surface area (Å²) in [4.78, 5) is 16.0. The Bertz CT molecular complexity index is 1060. The monoisotopic (exact) mass is 371 g/mol. The van der Waals surface area contributed by atoms with Crippen LogP contribution in [0.4, 0.5) is 0 Å². The molecule has 0 unspecified atom stereocenters. The number of carbonyl (C=O) groups is 1. The van der Waals surface area contributed by atoms with Crippen LogP contribution in [0.2, 0.25) is 0 Å². The van der Waals surface area contributed by atoms with Gasteiger partial charge in [0.15, 0.2) is 4.98 Å². The lowest BCUT2D eigenvalue weighted by Crippen LogP contribution is -2.59. The van der Waals surface area contributed by atoms with E-state index in [9.17, 15) is 40.8 Å². The third-order valence-corrected chi connectivity index (χ3v) is 5.41. The van der Waals surface area contributed by atoms with Crippen molar-refractivity contribution in [2.75, 3.05) is 0 Å². The predicted octanol–water partition coefficient (Wildman–Crippen LogP) is 0.122. The van der Waals surface area contributed by atoms with Gasteiger partial charge in [-0.2, -0.15) is 0 Å². The molecule has 9 heteroatoms. The topological polar surface area (TPSA) is 167 Å². The first-order chi connectivity index (χ1) is 12.6. The lowest BCUT2D eigenvalue weighted by atomic mass is 9.74. The molecule has 0 radical (unpaired) electrons. The summed E-state index contributed by atoms with van der Waals surface area (Å²) < 4.78 is 0. The summed E-state index contributed by atoms with van der Waals surface area (Å²) in [5.74, 6) is -1.71. The van der Waals surface area contributed by atoms with E-state index in [-0.39, 0.29) is 33.4 Å².